The molecule has 0 aliphatic carbocycles. The first kappa shape index (κ1) is 50.5. The number of carbonyl (C=O) groups is 5. The van der Waals surface area contributed by atoms with E-state index in [1.165, 1.54) is 0 Å². The Morgan fingerprint density at radius 1 is 0.826 bits per heavy atom. The van der Waals surface area contributed by atoms with Crippen LogP contribution in [0.25, 0.3) is 0 Å². The van der Waals surface area contributed by atoms with Gasteiger partial charge in [-0.2, -0.15) is 4.98 Å². The molecule has 20 nitrogen and oxygen atoms in total. The topological polar surface area (TPSA) is 243 Å². The second-order valence-electron chi connectivity index (χ2n) is 17.8. The van der Waals surface area contributed by atoms with E-state index in [2.05, 4.69) is 40.9 Å². The number of hydrogen-bond donors (Lipinski definition) is 5. The third kappa shape index (κ3) is 13.5. The molecule has 69 heavy (non-hydrogen) atoms. The molecule has 3 aliphatic heterocycles. The van der Waals surface area contributed by atoms with Crippen LogP contribution in [0, 0.1) is 6.92 Å². The SMILES string of the molecule is Cc1cnc(Nc2ccc(N3CCN(C(=O)CCOCCOCCOCCNC4C(=O)N(C5CCC(=O)NC5=O)C(=O)c5ccccc54)CC3)cc2)nc1Nc1cccc(S(=O)(=O)NC(C)(C)C)c1. The maximum Gasteiger partial charge on any atom is 0.261 e. The smallest absolute Gasteiger partial charge is 0.261 e. The minimum Gasteiger partial charge on any atom is -0.379 e. The van der Waals surface area contributed by atoms with E-state index in [9.17, 15) is 32.4 Å². The van der Waals surface area contributed by atoms with Gasteiger partial charge in [0.2, 0.25) is 33.7 Å². The molecule has 0 spiro atoms. The normalized spacial score (nSPS) is 17.7. The van der Waals surface area contributed by atoms with Crippen molar-refractivity contribution in [2.24, 2.45) is 0 Å². The Morgan fingerprint density at radius 2 is 1.52 bits per heavy atom. The van der Waals surface area contributed by atoms with E-state index < -0.39 is 51.3 Å². The number of rotatable bonds is 21. The Bertz CT molecular complexity index is 2600. The van der Waals surface area contributed by atoms with Crippen molar-refractivity contribution in [2.45, 2.75) is 69.5 Å². The van der Waals surface area contributed by atoms with Crippen molar-refractivity contribution < 1.29 is 46.6 Å². The molecule has 368 valence electrons. The Hall–Kier alpha value is -6.36. The molecule has 5 N–H and O–H groups in total. The van der Waals surface area contributed by atoms with Gasteiger partial charge in [-0.1, -0.05) is 24.3 Å². The van der Waals surface area contributed by atoms with Crippen LogP contribution in [0.2, 0.25) is 0 Å². The van der Waals surface area contributed by atoms with E-state index in [4.69, 9.17) is 14.2 Å². The van der Waals surface area contributed by atoms with Crippen molar-refractivity contribution >= 4 is 68.4 Å². The number of fused-ring (bicyclic) bond motifs is 1. The summed E-state index contributed by atoms with van der Waals surface area (Å²) >= 11 is 0. The average molecular weight is 969 g/mol. The van der Waals surface area contributed by atoms with Gasteiger partial charge in [-0.05, 0) is 88.2 Å². The van der Waals surface area contributed by atoms with Crippen LogP contribution in [0.15, 0.2) is 83.9 Å². The molecule has 2 saturated heterocycles. The standard InChI is InChI=1S/C48H60N10O10S/c1-32-31-50-47(54-43(32)51-34-8-7-9-36(30-34)69(64,65)55-48(2,3)4)52-33-12-14-35(15-13-33)56-20-22-57(23-21-56)41(60)18-24-66-26-28-68-29-27-67-25-19-49-42-37-10-5-6-11-38(37)45(62)58(46(42)63)39-16-17-40(59)53-44(39)61/h5-15,30-31,39,42,49,55H,16-29H2,1-4H3,(H,53,59,61)(H2,50,51,52,54). The maximum atomic E-state index is 13.5. The minimum atomic E-state index is -3.72. The van der Waals surface area contributed by atoms with Gasteiger partial charge in [0.15, 0.2) is 0 Å². The molecule has 2 fully saturated rings. The number of anilines is 5. The van der Waals surface area contributed by atoms with E-state index in [1.54, 1.807) is 75.5 Å². The van der Waals surface area contributed by atoms with Crippen LogP contribution in [-0.4, -0.2) is 142 Å². The van der Waals surface area contributed by atoms with Crippen molar-refractivity contribution in [3.8, 4) is 0 Å². The lowest BCUT2D eigenvalue weighted by atomic mass is 9.91. The third-order valence-corrected chi connectivity index (χ3v) is 13.2. The first-order chi connectivity index (χ1) is 33.1. The number of piperazine rings is 1. The fraction of sp³-hybridized carbons (Fsp3) is 0.438. The molecular formula is C48H60N10O10S. The third-order valence-electron chi connectivity index (χ3n) is 11.5. The Kier molecular flexibility index (Phi) is 16.7. The summed E-state index contributed by atoms with van der Waals surface area (Å²) < 4.78 is 45.4. The van der Waals surface area contributed by atoms with Gasteiger partial charge in [-0.25, -0.2) is 18.1 Å². The second-order valence-corrected chi connectivity index (χ2v) is 19.5. The number of aromatic nitrogens is 2. The van der Waals surface area contributed by atoms with E-state index in [1.807, 2.05) is 36.1 Å². The highest BCUT2D eigenvalue weighted by Gasteiger charge is 2.45. The second kappa shape index (κ2) is 22.8. The lowest BCUT2D eigenvalue weighted by Crippen LogP contribution is -2.60. The molecule has 4 aromatic rings. The van der Waals surface area contributed by atoms with Crippen LogP contribution in [0.1, 0.15) is 67.6 Å². The highest BCUT2D eigenvalue weighted by molar-refractivity contribution is 7.89. The van der Waals surface area contributed by atoms with Crippen molar-refractivity contribution in [1.82, 2.24) is 35.1 Å². The summed E-state index contributed by atoms with van der Waals surface area (Å²) in [6, 6.07) is 19.3. The van der Waals surface area contributed by atoms with Crippen LogP contribution in [-0.2, 0) is 43.4 Å². The van der Waals surface area contributed by atoms with Crippen LogP contribution < -0.4 is 30.9 Å². The quantitative estimate of drug-likeness (QED) is 0.0592. The molecule has 21 heteroatoms. The van der Waals surface area contributed by atoms with Crippen molar-refractivity contribution in [1.29, 1.82) is 0 Å². The van der Waals surface area contributed by atoms with Crippen LogP contribution >= 0.6 is 0 Å². The summed E-state index contributed by atoms with van der Waals surface area (Å²) in [4.78, 5) is 78.2. The number of nitrogens with one attached hydrogen (secondary N) is 5. The van der Waals surface area contributed by atoms with E-state index >= 15 is 0 Å². The number of nitrogens with zero attached hydrogens (tertiary/aromatic N) is 5. The number of carbonyl (C=O) groups excluding carboxylic acids is 5. The zero-order valence-electron chi connectivity index (χ0n) is 39.3. The predicted octanol–water partition coefficient (Wildman–Crippen LogP) is 3.56. The van der Waals surface area contributed by atoms with Crippen LogP contribution in [0.5, 0.6) is 0 Å². The molecular weight excluding hydrogens is 909 g/mol. The van der Waals surface area contributed by atoms with Crippen molar-refractivity contribution in [3.63, 3.8) is 0 Å². The van der Waals surface area contributed by atoms with Crippen LogP contribution in [0.3, 0.4) is 0 Å². The van der Waals surface area contributed by atoms with Crippen molar-refractivity contribution in [3.05, 3.63) is 95.7 Å². The van der Waals surface area contributed by atoms with Gasteiger partial charge in [-0.15, -0.1) is 0 Å². The minimum absolute atomic E-state index is 0.0352. The first-order valence-corrected chi connectivity index (χ1v) is 24.5. The molecule has 4 heterocycles. The summed E-state index contributed by atoms with van der Waals surface area (Å²) in [6.45, 7) is 11.9. The Morgan fingerprint density at radius 3 is 2.23 bits per heavy atom. The van der Waals surface area contributed by atoms with E-state index in [-0.39, 0.29) is 43.3 Å². The molecule has 2 unspecified atom stereocenters. The first-order valence-electron chi connectivity index (χ1n) is 23.0. The molecule has 7 rings (SSSR count). The fourth-order valence-corrected chi connectivity index (χ4v) is 9.53. The molecule has 3 aromatic carbocycles. The van der Waals surface area contributed by atoms with E-state index in [0.29, 0.717) is 87.7 Å². The van der Waals surface area contributed by atoms with Gasteiger partial charge in [0.25, 0.3) is 11.8 Å². The fourth-order valence-electron chi connectivity index (χ4n) is 8.07. The van der Waals surface area contributed by atoms with Gasteiger partial charge < -0.3 is 34.6 Å². The number of benzene rings is 3. The largest absolute Gasteiger partial charge is 0.379 e. The summed E-state index contributed by atoms with van der Waals surface area (Å²) in [6.07, 6.45) is 2.08. The summed E-state index contributed by atoms with van der Waals surface area (Å²) in [5, 5.41) is 11.8. The number of aryl methyl sites for hydroxylation is 1. The molecule has 5 amide bonds. The molecule has 0 saturated carbocycles. The zero-order chi connectivity index (χ0) is 49.1. The van der Waals surface area contributed by atoms with Gasteiger partial charge in [0.05, 0.1) is 51.0 Å². The number of amides is 5. The lowest BCUT2D eigenvalue weighted by molar-refractivity contribution is -0.144. The number of ether oxygens (including phenoxy) is 3. The average Bonchev–Trinajstić information content (AvgIpc) is 3.31. The maximum absolute atomic E-state index is 13.5. The van der Waals surface area contributed by atoms with E-state index in [0.717, 1.165) is 21.8 Å². The highest BCUT2D eigenvalue weighted by atomic mass is 32.2. The summed E-state index contributed by atoms with van der Waals surface area (Å²) in [5.74, 6) is -1.27. The monoisotopic (exact) mass is 968 g/mol. The van der Waals surface area contributed by atoms with Gasteiger partial charge in [0, 0.05) is 79.1 Å². The van der Waals surface area contributed by atoms with Crippen LogP contribution in [0.4, 0.5) is 28.8 Å². The predicted molar refractivity (Wildman–Crippen MR) is 257 cm³/mol. The van der Waals surface area contributed by atoms with Gasteiger partial charge in [0.1, 0.15) is 17.9 Å². The molecule has 3 aliphatic rings. The number of sulfonamides is 1. The zero-order valence-corrected chi connectivity index (χ0v) is 40.1. The Balaban J connectivity index is 0.748. The van der Waals surface area contributed by atoms with Gasteiger partial charge >= 0.3 is 0 Å². The highest BCUT2D eigenvalue weighted by Crippen LogP contribution is 2.31. The molecule has 0 radical (unpaired) electrons. The van der Waals surface area contributed by atoms with Gasteiger partial charge in [-0.3, -0.25) is 39.5 Å². The summed E-state index contributed by atoms with van der Waals surface area (Å²) in [5.41, 5.74) is 3.39. The Labute approximate surface area is 401 Å². The summed E-state index contributed by atoms with van der Waals surface area (Å²) in [7, 11) is -3.72. The molecule has 1 aromatic heterocycles. The number of imide groups is 2. The van der Waals surface area contributed by atoms with Crippen molar-refractivity contribution in [2.75, 3.05) is 87.9 Å². The number of hydrogen-bond acceptors (Lipinski definition) is 16. The molecule has 2 atom stereocenters. The lowest BCUT2D eigenvalue weighted by Gasteiger charge is -2.38. The number of piperidine rings is 1. The molecule has 0 bridgehead atoms.